The molecule has 0 saturated carbocycles. The second-order valence-electron chi connectivity index (χ2n) is 3.47. The molecule has 0 aromatic heterocycles. The van der Waals surface area contributed by atoms with Gasteiger partial charge in [-0.1, -0.05) is 0 Å². The maximum absolute atomic E-state index is 13.2. The molecule has 0 saturated heterocycles. The molecule has 1 aromatic rings. The molecule has 90 valence electrons. The summed E-state index contributed by atoms with van der Waals surface area (Å²) in [6.07, 6.45) is 0.319. The summed E-state index contributed by atoms with van der Waals surface area (Å²) in [6.45, 7) is 0.255. The quantitative estimate of drug-likeness (QED) is 0.853. The van der Waals surface area contributed by atoms with Gasteiger partial charge in [-0.05, 0) is 31.2 Å². The van der Waals surface area contributed by atoms with Crippen LogP contribution in [0.15, 0.2) is 18.2 Å². The molecule has 3 nitrogen and oxygen atoms in total. The van der Waals surface area contributed by atoms with E-state index in [2.05, 4.69) is 0 Å². The first-order valence-corrected chi connectivity index (χ1v) is 6.61. The van der Waals surface area contributed by atoms with E-state index in [-0.39, 0.29) is 17.9 Å². The van der Waals surface area contributed by atoms with Gasteiger partial charge in [0.15, 0.2) is 9.84 Å². The molecule has 0 atom stereocenters. The van der Waals surface area contributed by atoms with Crippen LogP contribution in [0.3, 0.4) is 0 Å². The van der Waals surface area contributed by atoms with E-state index in [1.54, 1.807) is 0 Å². The van der Waals surface area contributed by atoms with Crippen LogP contribution in [0.5, 0.6) is 0 Å². The fraction of sp³-hybridized carbons (Fsp3) is 0.400. The van der Waals surface area contributed by atoms with Crippen molar-refractivity contribution < 1.29 is 17.2 Å². The molecule has 0 radical (unpaired) electrons. The summed E-state index contributed by atoms with van der Waals surface area (Å²) in [5.74, 6) is -1.96. The van der Waals surface area contributed by atoms with Crippen molar-refractivity contribution in [3.05, 3.63) is 35.4 Å². The van der Waals surface area contributed by atoms with Gasteiger partial charge in [-0.2, -0.15) is 0 Å². The lowest BCUT2D eigenvalue weighted by atomic mass is 10.2. The number of benzene rings is 1. The molecule has 1 rings (SSSR count). The Morgan fingerprint density at radius 3 is 2.56 bits per heavy atom. The minimum absolute atomic E-state index is 0.112. The fourth-order valence-corrected chi connectivity index (χ4v) is 2.71. The zero-order valence-electron chi connectivity index (χ0n) is 8.62. The number of sulfone groups is 1. The number of nitrogens with two attached hydrogens (primary N) is 1. The van der Waals surface area contributed by atoms with Crippen molar-refractivity contribution in [2.75, 3.05) is 12.3 Å². The topological polar surface area (TPSA) is 60.2 Å². The van der Waals surface area contributed by atoms with Crippen molar-refractivity contribution in [3.8, 4) is 0 Å². The minimum Gasteiger partial charge on any atom is -0.330 e. The number of hydrogen-bond donors (Lipinski definition) is 1. The largest absolute Gasteiger partial charge is 0.330 e. The van der Waals surface area contributed by atoms with E-state index >= 15 is 0 Å². The summed E-state index contributed by atoms with van der Waals surface area (Å²) in [5, 5.41) is 0. The highest BCUT2D eigenvalue weighted by atomic mass is 32.2. The van der Waals surface area contributed by atoms with E-state index in [0.717, 1.165) is 18.2 Å². The first kappa shape index (κ1) is 13.1. The van der Waals surface area contributed by atoms with Gasteiger partial charge in [-0.25, -0.2) is 17.2 Å². The first-order chi connectivity index (χ1) is 7.44. The molecular formula is C10H13F2NO2S. The van der Waals surface area contributed by atoms with E-state index in [1.165, 1.54) is 0 Å². The van der Waals surface area contributed by atoms with Crippen LogP contribution in [0.1, 0.15) is 12.0 Å². The SMILES string of the molecule is NCCCS(=O)(=O)Cc1cc(F)ccc1F. The van der Waals surface area contributed by atoms with Crippen LogP contribution in [-0.2, 0) is 15.6 Å². The predicted octanol–water partition coefficient (Wildman–Crippen LogP) is 1.23. The van der Waals surface area contributed by atoms with Gasteiger partial charge in [0, 0.05) is 5.56 Å². The Kier molecular flexibility index (Phi) is 4.37. The van der Waals surface area contributed by atoms with Gasteiger partial charge in [0.05, 0.1) is 11.5 Å². The number of rotatable bonds is 5. The molecule has 6 heteroatoms. The third kappa shape index (κ3) is 3.86. The van der Waals surface area contributed by atoms with Crippen LogP contribution < -0.4 is 5.73 Å². The molecule has 0 spiro atoms. The Morgan fingerprint density at radius 2 is 1.94 bits per heavy atom. The van der Waals surface area contributed by atoms with Crippen LogP contribution in [0.2, 0.25) is 0 Å². The minimum atomic E-state index is -3.42. The normalized spacial score (nSPS) is 11.7. The second-order valence-corrected chi connectivity index (χ2v) is 5.65. The van der Waals surface area contributed by atoms with Gasteiger partial charge in [0.2, 0.25) is 0 Å². The van der Waals surface area contributed by atoms with Crippen LogP contribution in [0.25, 0.3) is 0 Å². The third-order valence-electron chi connectivity index (χ3n) is 2.04. The van der Waals surface area contributed by atoms with E-state index < -0.39 is 27.2 Å². The van der Waals surface area contributed by atoms with Crippen molar-refractivity contribution >= 4 is 9.84 Å². The highest BCUT2D eigenvalue weighted by Gasteiger charge is 2.14. The van der Waals surface area contributed by atoms with Crippen molar-refractivity contribution in [2.45, 2.75) is 12.2 Å². The Labute approximate surface area is 93.2 Å². The van der Waals surface area contributed by atoms with Crippen LogP contribution in [-0.4, -0.2) is 20.7 Å². The molecule has 0 amide bonds. The summed E-state index contributed by atoms with van der Waals surface area (Å²) in [4.78, 5) is 0. The van der Waals surface area contributed by atoms with Crippen molar-refractivity contribution in [2.24, 2.45) is 5.73 Å². The summed E-state index contributed by atoms with van der Waals surface area (Å²) >= 11 is 0. The van der Waals surface area contributed by atoms with Crippen LogP contribution >= 0.6 is 0 Å². The number of hydrogen-bond acceptors (Lipinski definition) is 3. The maximum Gasteiger partial charge on any atom is 0.154 e. The predicted molar refractivity (Wildman–Crippen MR) is 57.5 cm³/mol. The molecule has 1 aromatic carbocycles. The molecule has 0 aliphatic heterocycles. The Bertz CT molecular complexity index is 460. The van der Waals surface area contributed by atoms with Crippen LogP contribution in [0, 0.1) is 11.6 Å². The van der Waals surface area contributed by atoms with Crippen LogP contribution in [0.4, 0.5) is 8.78 Å². The van der Waals surface area contributed by atoms with E-state index in [9.17, 15) is 17.2 Å². The maximum atomic E-state index is 13.2. The lowest BCUT2D eigenvalue weighted by Crippen LogP contribution is -2.14. The third-order valence-corrected chi connectivity index (χ3v) is 3.70. The van der Waals surface area contributed by atoms with Gasteiger partial charge in [-0.15, -0.1) is 0 Å². The smallest absolute Gasteiger partial charge is 0.154 e. The van der Waals surface area contributed by atoms with E-state index in [4.69, 9.17) is 5.73 Å². The van der Waals surface area contributed by atoms with Gasteiger partial charge in [0.25, 0.3) is 0 Å². The van der Waals surface area contributed by atoms with Gasteiger partial charge in [0.1, 0.15) is 11.6 Å². The lowest BCUT2D eigenvalue weighted by molar-refractivity contribution is 0.577. The number of halogens is 2. The second kappa shape index (κ2) is 5.36. The molecule has 0 aliphatic carbocycles. The average Bonchev–Trinajstić information content (AvgIpc) is 2.20. The lowest BCUT2D eigenvalue weighted by Gasteiger charge is -2.05. The Morgan fingerprint density at radius 1 is 1.25 bits per heavy atom. The monoisotopic (exact) mass is 249 g/mol. The molecule has 16 heavy (non-hydrogen) atoms. The van der Waals surface area contributed by atoms with Crippen molar-refractivity contribution in [1.29, 1.82) is 0 Å². The Balaban J connectivity index is 2.83. The summed E-state index contributed by atoms with van der Waals surface area (Å²) in [5.41, 5.74) is 5.04. The summed E-state index contributed by atoms with van der Waals surface area (Å²) < 4.78 is 48.9. The van der Waals surface area contributed by atoms with Gasteiger partial charge < -0.3 is 5.73 Å². The molecule has 0 heterocycles. The van der Waals surface area contributed by atoms with Gasteiger partial charge >= 0.3 is 0 Å². The molecule has 2 N–H and O–H groups in total. The molecule has 0 bridgehead atoms. The standard InChI is InChI=1S/C10H13F2NO2S/c11-9-2-3-10(12)8(6-9)7-16(14,15)5-1-4-13/h2-3,6H,1,4-5,7,13H2. The summed E-state index contributed by atoms with van der Waals surface area (Å²) in [7, 11) is -3.42. The first-order valence-electron chi connectivity index (χ1n) is 4.79. The highest BCUT2D eigenvalue weighted by Crippen LogP contribution is 2.13. The van der Waals surface area contributed by atoms with Gasteiger partial charge in [-0.3, -0.25) is 0 Å². The fourth-order valence-electron chi connectivity index (χ4n) is 1.27. The highest BCUT2D eigenvalue weighted by molar-refractivity contribution is 7.90. The zero-order chi connectivity index (χ0) is 12.2. The van der Waals surface area contributed by atoms with Crippen molar-refractivity contribution in [1.82, 2.24) is 0 Å². The molecular weight excluding hydrogens is 236 g/mol. The molecule has 0 fully saturated rings. The van der Waals surface area contributed by atoms with Crippen molar-refractivity contribution in [3.63, 3.8) is 0 Å². The van der Waals surface area contributed by atoms with E-state index in [0.29, 0.717) is 6.42 Å². The zero-order valence-corrected chi connectivity index (χ0v) is 9.43. The Hall–Kier alpha value is -1.01. The molecule has 0 unspecified atom stereocenters. The van der Waals surface area contributed by atoms with E-state index in [1.807, 2.05) is 0 Å². The summed E-state index contributed by atoms with van der Waals surface area (Å²) in [6, 6.07) is 2.77. The molecule has 0 aliphatic rings. The average molecular weight is 249 g/mol.